The predicted molar refractivity (Wildman–Crippen MR) is 90.4 cm³/mol. The van der Waals surface area contributed by atoms with Crippen molar-refractivity contribution in [2.75, 3.05) is 18.0 Å². The molecule has 0 N–H and O–H groups in total. The summed E-state index contributed by atoms with van der Waals surface area (Å²) >= 11 is 0. The van der Waals surface area contributed by atoms with Gasteiger partial charge in [-0.15, -0.1) is 0 Å². The molecule has 130 valence electrons. The van der Waals surface area contributed by atoms with Crippen LogP contribution in [0.2, 0.25) is 0 Å². The van der Waals surface area contributed by atoms with Crippen LogP contribution in [0.3, 0.4) is 0 Å². The Labute approximate surface area is 144 Å². The predicted octanol–water partition coefficient (Wildman–Crippen LogP) is 3.15. The van der Waals surface area contributed by atoms with Crippen molar-refractivity contribution < 1.29 is 18.4 Å². The van der Waals surface area contributed by atoms with E-state index in [0.717, 1.165) is 6.07 Å². The van der Waals surface area contributed by atoms with Gasteiger partial charge in [-0.05, 0) is 49.7 Å². The average Bonchev–Trinajstić information content (AvgIpc) is 2.59. The van der Waals surface area contributed by atoms with Gasteiger partial charge in [0.15, 0.2) is 0 Å². The Bertz CT molecular complexity index is 838. The molecule has 3 rings (SSSR count). The van der Waals surface area contributed by atoms with Gasteiger partial charge in [0.2, 0.25) is 5.91 Å². The molecule has 0 bridgehead atoms. The van der Waals surface area contributed by atoms with E-state index in [2.05, 4.69) is 0 Å². The molecule has 1 fully saturated rings. The van der Waals surface area contributed by atoms with Crippen LogP contribution < -0.4 is 4.90 Å². The summed E-state index contributed by atoms with van der Waals surface area (Å²) in [5.74, 6) is -1.57. The van der Waals surface area contributed by atoms with Crippen LogP contribution in [0.4, 0.5) is 14.5 Å². The summed E-state index contributed by atoms with van der Waals surface area (Å²) in [6.45, 7) is 3.82. The Kier molecular flexibility index (Phi) is 4.53. The maximum Gasteiger partial charge on any atom is 0.254 e. The standard InChI is InChI=1S/C19H18F2N2O2/c1-12-6-7-16(11-17(12)21)23-9-8-22(13(2)18(23)24)19(25)14-4-3-5-15(20)10-14/h3-7,10-11,13H,8-9H2,1-2H3/t13-/m0/s1. The number of amides is 2. The van der Waals surface area contributed by atoms with Crippen LogP contribution in [-0.2, 0) is 4.79 Å². The minimum Gasteiger partial charge on any atom is -0.325 e. The van der Waals surface area contributed by atoms with E-state index in [1.807, 2.05) is 0 Å². The number of halogens is 2. The zero-order chi connectivity index (χ0) is 18.1. The van der Waals surface area contributed by atoms with E-state index >= 15 is 0 Å². The van der Waals surface area contributed by atoms with Crippen molar-refractivity contribution in [3.8, 4) is 0 Å². The number of rotatable bonds is 2. The molecule has 0 unspecified atom stereocenters. The number of carbonyl (C=O) groups excluding carboxylic acids is 2. The van der Waals surface area contributed by atoms with Crippen LogP contribution in [0.1, 0.15) is 22.8 Å². The van der Waals surface area contributed by atoms with Gasteiger partial charge < -0.3 is 9.80 Å². The van der Waals surface area contributed by atoms with Crippen molar-refractivity contribution in [1.29, 1.82) is 0 Å². The molecule has 0 spiro atoms. The molecule has 2 aromatic carbocycles. The SMILES string of the molecule is Cc1ccc(N2CCN(C(=O)c3cccc(F)c3)[C@@H](C)C2=O)cc1F. The molecular weight excluding hydrogens is 326 g/mol. The second-order valence-corrected chi connectivity index (χ2v) is 6.11. The maximum absolute atomic E-state index is 13.8. The minimum atomic E-state index is -0.714. The first-order valence-corrected chi connectivity index (χ1v) is 8.02. The lowest BCUT2D eigenvalue weighted by Crippen LogP contribution is -2.57. The molecule has 0 aliphatic carbocycles. The topological polar surface area (TPSA) is 40.6 Å². The van der Waals surface area contributed by atoms with Crippen molar-refractivity contribution >= 4 is 17.5 Å². The first kappa shape index (κ1) is 17.1. The van der Waals surface area contributed by atoms with Crippen LogP contribution in [0, 0.1) is 18.6 Å². The highest BCUT2D eigenvalue weighted by Gasteiger charge is 2.35. The zero-order valence-corrected chi connectivity index (χ0v) is 14.0. The fourth-order valence-electron chi connectivity index (χ4n) is 2.94. The van der Waals surface area contributed by atoms with E-state index in [0.29, 0.717) is 11.3 Å². The molecule has 6 heteroatoms. The zero-order valence-electron chi connectivity index (χ0n) is 14.0. The largest absolute Gasteiger partial charge is 0.325 e. The molecule has 0 saturated carbocycles. The van der Waals surface area contributed by atoms with E-state index in [-0.39, 0.29) is 30.4 Å². The Morgan fingerprint density at radius 3 is 2.56 bits per heavy atom. The molecule has 1 heterocycles. The molecule has 1 atom stereocenters. The molecule has 0 aromatic heterocycles. The van der Waals surface area contributed by atoms with Gasteiger partial charge in [0.25, 0.3) is 5.91 Å². The molecule has 4 nitrogen and oxygen atoms in total. The number of benzene rings is 2. The number of carbonyl (C=O) groups is 2. The van der Waals surface area contributed by atoms with Gasteiger partial charge >= 0.3 is 0 Å². The molecule has 1 aliphatic heterocycles. The Morgan fingerprint density at radius 1 is 1.12 bits per heavy atom. The van der Waals surface area contributed by atoms with E-state index in [1.165, 1.54) is 34.1 Å². The molecule has 25 heavy (non-hydrogen) atoms. The number of aryl methyl sites for hydroxylation is 1. The third-order valence-electron chi connectivity index (χ3n) is 4.45. The van der Waals surface area contributed by atoms with Crippen LogP contribution in [-0.4, -0.2) is 35.8 Å². The summed E-state index contributed by atoms with van der Waals surface area (Å²) in [4.78, 5) is 28.1. The second kappa shape index (κ2) is 6.63. The molecule has 1 aliphatic rings. The van der Waals surface area contributed by atoms with Crippen LogP contribution in [0.5, 0.6) is 0 Å². The summed E-state index contributed by atoms with van der Waals surface area (Å²) in [7, 11) is 0. The van der Waals surface area contributed by atoms with Gasteiger partial charge in [0.05, 0.1) is 0 Å². The van der Waals surface area contributed by atoms with Gasteiger partial charge in [-0.1, -0.05) is 12.1 Å². The first-order valence-electron chi connectivity index (χ1n) is 8.02. The van der Waals surface area contributed by atoms with Crippen molar-refractivity contribution in [3.05, 3.63) is 65.2 Å². The van der Waals surface area contributed by atoms with Gasteiger partial charge in [-0.25, -0.2) is 8.78 Å². The Hall–Kier alpha value is -2.76. The minimum absolute atomic E-state index is 0.203. The summed E-state index contributed by atoms with van der Waals surface area (Å²) in [5, 5.41) is 0. The normalized spacial score (nSPS) is 17.8. The summed E-state index contributed by atoms with van der Waals surface area (Å²) in [6, 6.07) is 9.31. The van der Waals surface area contributed by atoms with Gasteiger partial charge in [0, 0.05) is 24.3 Å². The van der Waals surface area contributed by atoms with Crippen LogP contribution >= 0.6 is 0 Å². The molecule has 2 amide bonds. The smallest absolute Gasteiger partial charge is 0.254 e. The highest BCUT2D eigenvalue weighted by molar-refractivity contribution is 6.03. The van der Waals surface area contributed by atoms with E-state index in [1.54, 1.807) is 26.0 Å². The summed E-state index contributed by atoms with van der Waals surface area (Å²) < 4.78 is 27.1. The van der Waals surface area contributed by atoms with Crippen LogP contribution in [0.15, 0.2) is 42.5 Å². The summed E-state index contributed by atoms with van der Waals surface area (Å²) in [5.41, 5.74) is 1.18. The number of anilines is 1. The van der Waals surface area contributed by atoms with E-state index in [4.69, 9.17) is 0 Å². The van der Waals surface area contributed by atoms with E-state index < -0.39 is 17.8 Å². The fraction of sp³-hybridized carbons (Fsp3) is 0.263. The number of hydrogen-bond donors (Lipinski definition) is 0. The van der Waals surface area contributed by atoms with Crippen molar-refractivity contribution in [2.45, 2.75) is 19.9 Å². The Balaban J connectivity index is 1.81. The molecule has 1 saturated heterocycles. The van der Waals surface area contributed by atoms with Gasteiger partial charge in [-0.3, -0.25) is 9.59 Å². The second-order valence-electron chi connectivity index (χ2n) is 6.11. The molecule has 2 aromatic rings. The molecule has 0 radical (unpaired) electrons. The van der Waals surface area contributed by atoms with Gasteiger partial charge in [0.1, 0.15) is 17.7 Å². The molecular formula is C19H18F2N2O2. The highest BCUT2D eigenvalue weighted by Crippen LogP contribution is 2.24. The summed E-state index contributed by atoms with van der Waals surface area (Å²) in [6.07, 6.45) is 0. The van der Waals surface area contributed by atoms with Crippen molar-refractivity contribution in [2.24, 2.45) is 0 Å². The average molecular weight is 344 g/mol. The number of hydrogen-bond acceptors (Lipinski definition) is 2. The van der Waals surface area contributed by atoms with Crippen molar-refractivity contribution in [1.82, 2.24) is 4.90 Å². The van der Waals surface area contributed by atoms with Crippen LogP contribution in [0.25, 0.3) is 0 Å². The lowest BCUT2D eigenvalue weighted by molar-refractivity contribution is -0.124. The lowest BCUT2D eigenvalue weighted by atomic mass is 10.1. The third kappa shape index (κ3) is 3.24. The lowest BCUT2D eigenvalue weighted by Gasteiger charge is -2.39. The quantitative estimate of drug-likeness (QED) is 0.840. The number of nitrogens with zero attached hydrogens (tertiary/aromatic N) is 2. The monoisotopic (exact) mass is 344 g/mol. The van der Waals surface area contributed by atoms with E-state index in [9.17, 15) is 18.4 Å². The fourth-order valence-corrected chi connectivity index (χ4v) is 2.94. The number of piperazine rings is 1. The highest BCUT2D eigenvalue weighted by atomic mass is 19.1. The Morgan fingerprint density at radius 2 is 1.88 bits per heavy atom. The van der Waals surface area contributed by atoms with Gasteiger partial charge in [-0.2, -0.15) is 0 Å². The van der Waals surface area contributed by atoms with Crippen molar-refractivity contribution in [3.63, 3.8) is 0 Å². The maximum atomic E-state index is 13.8. The third-order valence-corrected chi connectivity index (χ3v) is 4.45. The first-order chi connectivity index (χ1) is 11.9.